The van der Waals surface area contributed by atoms with Crippen molar-refractivity contribution in [3.63, 3.8) is 0 Å². The molecule has 94 valence electrons. The number of benzene rings is 1. The van der Waals surface area contributed by atoms with Crippen LogP contribution in [-0.2, 0) is 0 Å². The lowest BCUT2D eigenvalue weighted by molar-refractivity contribution is 0.418. The fourth-order valence-electron chi connectivity index (χ4n) is 2.81. The molecule has 1 aliphatic rings. The first-order valence-corrected chi connectivity index (χ1v) is 6.52. The van der Waals surface area contributed by atoms with Crippen molar-refractivity contribution >= 4 is 10.9 Å². The normalized spacial score (nSPS) is 19.9. The van der Waals surface area contributed by atoms with Gasteiger partial charge in [0.05, 0.1) is 7.11 Å². The van der Waals surface area contributed by atoms with Crippen molar-refractivity contribution < 1.29 is 4.74 Å². The standard InChI is InChI=1S/C15H18N2O/c1-18-14-6-2-5-13-12(7-9-17-15(13)14)11-4-3-8-16-10-11/h2,5-7,9,11,16H,3-4,8,10H2,1H3. The van der Waals surface area contributed by atoms with E-state index in [0.717, 1.165) is 24.4 Å². The van der Waals surface area contributed by atoms with E-state index in [1.807, 2.05) is 18.3 Å². The number of para-hydroxylation sites is 1. The van der Waals surface area contributed by atoms with E-state index in [2.05, 4.69) is 22.4 Å². The van der Waals surface area contributed by atoms with Crippen molar-refractivity contribution in [1.82, 2.24) is 10.3 Å². The van der Waals surface area contributed by atoms with Gasteiger partial charge in [-0.2, -0.15) is 0 Å². The van der Waals surface area contributed by atoms with E-state index in [4.69, 9.17) is 4.74 Å². The molecule has 0 aliphatic carbocycles. The summed E-state index contributed by atoms with van der Waals surface area (Å²) in [4.78, 5) is 4.46. The first-order chi connectivity index (χ1) is 8.90. The highest BCUT2D eigenvalue weighted by Gasteiger charge is 2.18. The van der Waals surface area contributed by atoms with E-state index < -0.39 is 0 Å². The lowest BCUT2D eigenvalue weighted by atomic mass is 9.89. The van der Waals surface area contributed by atoms with Crippen molar-refractivity contribution in [2.24, 2.45) is 0 Å². The summed E-state index contributed by atoms with van der Waals surface area (Å²) in [6.45, 7) is 2.21. The second-order valence-electron chi connectivity index (χ2n) is 4.80. The molecule has 0 spiro atoms. The number of fused-ring (bicyclic) bond motifs is 1. The van der Waals surface area contributed by atoms with Crippen molar-refractivity contribution in [3.05, 3.63) is 36.0 Å². The summed E-state index contributed by atoms with van der Waals surface area (Å²) >= 11 is 0. The van der Waals surface area contributed by atoms with Gasteiger partial charge in [0.15, 0.2) is 0 Å². The second-order valence-corrected chi connectivity index (χ2v) is 4.80. The molecule has 2 heterocycles. The van der Waals surface area contributed by atoms with E-state index in [9.17, 15) is 0 Å². The number of aromatic nitrogens is 1. The zero-order chi connectivity index (χ0) is 12.4. The van der Waals surface area contributed by atoms with Crippen LogP contribution < -0.4 is 10.1 Å². The summed E-state index contributed by atoms with van der Waals surface area (Å²) < 4.78 is 5.39. The van der Waals surface area contributed by atoms with Gasteiger partial charge >= 0.3 is 0 Å². The zero-order valence-corrected chi connectivity index (χ0v) is 10.6. The summed E-state index contributed by atoms with van der Waals surface area (Å²) in [5.41, 5.74) is 2.37. The molecule has 1 aromatic heterocycles. The molecule has 1 fully saturated rings. The summed E-state index contributed by atoms with van der Waals surface area (Å²) in [6, 6.07) is 8.31. The number of hydrogen-bond donors (Lipinski definition) is 1. The smallest absolute Gasteiger partial charge is 0.145 e. The number of rotatable bonds is 2. The summed E-state index contributed by atoms with van der Waals surface area (Å²) in [5, 5.41) is 4.70. The van der Waals surface area contributed by atoms with Gasteiger partial charge < -0.3 is 10.1 Å². The van der Waals surface area contributed by atoms with Gasteiger partial charge in [0.25, 0.3) is 0 Å². The third-order valence-corrected chi connectivity index (χ3v) is 3.72. The van der Waals surface area contributed by atoms with Crippen LogP contribution in [0.5, 0.6) is 5.75 Å². The Morgan fingerprint density at radius 1 is 1.33 bits per heavy atom. The minimum absolute atomic E-state index is 0.594. The number of nitrogens with one attached hydrogen (secondary N) is 1. The van der Waals surface area contributed by atoms with Crippen molar-refractivity contribution in [3.8, 4) is 5.75 Å². The quantitative estimate of drug-likeness (QED) is 0.879. The largest absolute Gasteiger partial charge is 0.494 e. The minimum Gasteiger partial charge on any atom is -0.494 e. The van der Waals surface area contributed by atoms with Gasteiger partial charge in [0, 0.05) is 18.1 Å². The Morgan fingerprint density at radius 2 is 2.28 bits per heavy atom. The maximum atomic E-state index is 5.39. The molecule has 1 aliphatic heterocycles. The van der Waals surface area contributed by atoms with Crippen LogP contribution in [0.2, 0.25) is 0 Å². The highest BCUT2D eigenvalue weighted by molar-refractivity contribution is 5.87. The summed E-state index contributed by atoms with van der Waals surface area (Å²) in [6.07, 6.45) is 4.40. The lowest BCUT2D eigenvalue weighted by Crippen LogP contribution is -2.28. The molecule has 0 bridgehead atoms. The number of pyridine rings is 1. The highest BCUT2D eigenvalue weighted by Crippen LogP contribution is 2.32. The molecule has 0 radical (unpaired) electrons. The van der Waals surface area contributed by atoms with E-state index >= 15 is 0 Å². The number of piperidine rings is 1. The average molecular weight is 242 g/mol. The summed E-state index contributed by atoms with van der Waals surface area (Å²) in [5.74, 6) is 1.45. The van der Waals surface area contributed by atoms with Gasteiger partial charge in [-0.05, 0) is 43.0 Å². The zero-order valence-electron chi connectivity index (χ0n) is 10.6. The fraction of sp³-hybridized carbons (Fsp3) is 0.400. The molecule has 2 aromatic rings. The van der Waals surface area contributed by atoms with Crippen LogP contribution in [0.4, 0.5) is 0 Å². The van der Waals surface area contributed by atoms with E-state index in [0.29, 0.717) is 5.92 Å². The highest BCUT2D eigenvalue weighted by atomic mass is 16.5. The Kier molecular flexibility index (Phi) is 3.15. The van der Waals surface area contributed by atoms with Crippen molar-refractivity contribution in [1.29, 1.82) is 0 Å². The third-order valence-electron chi connectivity index (χ3n) is 3.72. The van der Waals surface area contributed by atoms with Crippen LogP contribution in [0.3, 0.4) is 0 Å². The molecule has 1 aromatic carbocycles. The van der Waals surface area contributed by atoms with Gasteiger partial charge in [-0.3, -0.25) is 4.98 Å². The lowest BCUT2D eigenvalue weighted by Gasteiger charge is -2.24. The molecular formula is C15H18N2O. The van der Waals surface area contributed by atoms with Crippen LogP contribution in [0.1, 0.15) is 24.3 Å². The Bertz CT molecular complexity index is 547. The number of ether oxygens (including phenoxy) is 1. The second kappa shape index (κ2) is 4.94. The van der Waals surface area contributed by atoms with Crippen molar-refractivity contribution in [2.45, 2.75) is 18.8 Å². The van der Waals surface area contributed by atoms with Crippen LogP contribution in [0.15, 0.2) is 30.5 Å². The average Bonchev–Trinajstić information content (AvgIpc) is 2.47. The maximum Gasteiger partial charge on any atom is 0.145 e. The van der Waals surface area contributed by atoms with E-state index in [1.54, 1.807) is 7.11 Å². The van der Waals surface area contributed by atoms with Crippen LogP contribution in [0.25, 0.3) is 10.9 Å². The number of hydrogen-bond acceptors (Lipinski definition) is 3. The van der Waals surface area contributed by atoms with Gasteiger partial charge in [0.2, 0.25) is 0 Å². The molecule has 0 amide bonds. The maximum absolute atomic E-state index is 5.39. The van der Waals surface area contributed by atoms with Crippen LogP contribution in [0, 0.1) is 0 Å². The molecule has 18 heavy (non-hydrogen) atoms. The predicted molar refractivity (Wildman–Crippen MR) is 73.1 cm³/mol. The molecule has 1 saturated heterocycles. The fourth-order valence-corrected chi connectivity index (χ4v) is 2.81. The molecule has 3 rings (SSSR count). The molecule has 3 heteroatoms. The molecular weight excluding hydrogens is 224 g/mol. The van der Waals surface area contributed by atoms with Crippen molar-refractivity contribution in [2.75, 3.05) is 20.2 Å². The van der Waals surface area contributed by atoms with Gasteiger partial charge in [0.1, 0.15) is 11.3 Å². The molecule has 1 atom stereocenters. The van der Waals surface area contributed by atoms with E-state index in [1.165, 1.54) is 23.8 Å². The Balaban J connectivity index is 2.11. The Morgan fingerprint density at radius 3 is 3.06 bits per heavy atom. The van der Waals surface area contributed by atoms with Crippen LogP contribution >= 0.6 is 0 Å². The minimum atomic E-state index is 0.594. The third kappa shape index (κ3) is 1.95. The number of methoxy groups -OCH3 is 1. The predicted octanol–water partition coefficient (Wildman–Crippen LogP) is 2.71. The molecule has 3 nitrogen and oxygen atoms in total. The Hall–Kier alpha value is -1.61. The topological polar surface area (TPSA) is 34.1 Å². The van der Waals surface area contributed by atoms with Gasteiger partial charge in [-0.1, -0.05) is 12.1 Å². The summed E-state index contributed by atoms with van der Waals surface area (Å²) in [7, 11) is 1.70. The SMILES string of the molecule is COc1cccc2c(C3CCCNC3)ccnc12. The molecule has 1 N–H and O–H groups in total. The first-order valence-electron chi connectivity index (χ1n) is 6.52. The number of nitrogens with zero attached hydrogens (tertiary/aromatic N) is 1. The van der Waals surface area contributed by atoms with Gasteiger partial charge in [-0.25, -0.2) is 0 Å². The van der Waals surface area contributed by atoms with Gasteiger partial charge in [-0.15, -0.1) is 0 Å². The molecule has 0 saturated carbocycles. The first kappa shape index (κ1) is 11.5. The molecule has 1 unspecified atom stereocenters. The van der Waals surface area contributed by atoms with E-state index in [-0.39, 0.29) is 0 Å². The monoisotopic (exact) mass is 242 g/mol. The Labute approximate surface area is 107 Å². The van der Waals surface area contributed by atoms with Crippen LogP contribution in [-0.4, -0.2) is 25.2 Å².